The summed E-state index contributed by atoms with van der Waals surface area (Å²) in [4.78, 5) is 9.08. The number of aliphatic hydroxyl groups excluding tert-OH is 1. The second-order valence-corrected chi connectivity index (χ2v) is 5.31. The summed E-state index contributed by atoms with van der Waals surface area (Å²) in [5, 5.41) is 9.46. The third-order valence-corrected chi connectivity index (χ3v) is 3.77. The van der Waals surface area contributed by atoms with Crippen LogP contribution in [0.1, 0.15) is 31.4 Å². The smallest absolute Gasteiger partial charge is 0.128 e. The largest absolute Gasteiger partial charge is 0.389 e. The van der Waals surface area contributed by atoms with Crippen LogP contribution in [0.3, 0.4) is 0 Å². The summed E-state index contributed by atoms with van der Waals surface area (Å²) in [6.45, 7) is 3.88. The molecular formula is C14H23N3O. The van der Waals surface area contributed by atoms with Crippen LogP contribution in [0.4, 0.5) is 5.82 Å². The quantitative estimate of drug-likeness (QED) is 0.884. The molecule has 1 saturated heterocycles. The number of piperidine rings is 1. The number of anilines is 1. The summed E-state index contributed by atoms with van der Waals surface area (Å²) < 4.78 is 0. The molecule has 0 aliphatic carbocycles. The van der Waals surface area contributed by atoms with Crippen LogP contribution >= 0.6 is 0 Å². The van der Waals surface area contributed by atoms with Gasteiger partial charge in [-0.25, -0.2) is 4.98 Å². The van der Waals surface area contributed by atoms with E-state index in [1.807, 2.05) is 12.1 Å². The Morgan fingerprint density at radius 1 is 1.33 bits per heavy atom. The number of aliphatic hydroxyl groups is 1. The summed E-state index contributed by atoms with van der Waals surface area (Å²) in [5.41, 5.74) is 0.877. The van der Waals surface area contributed by atoms with Gasteiger partial charge in [0.1, 0.15) is 5.82 Å². The lowest BCUT2D eigenvalue weighted by atomic mass is 10.0. The van der Waals surface area contributed by atoms with Gasteiger partial charge in [0.2, 0.25) is 0 Å². The molecule has 1 aromatic heterocycles. The second kappa shape index (κ2) is 5.67. The third kappa shape index (κ3) is 3.00. The molecular weight excluding hydrogens is 226 g/mol. The van der Waals surface area contributed by atoms with E-state index in [9.17, 15) is 5.11 Å². The minimum absolute atomic E-state index is 0.439. The van der Waals surface area contributed by atoms with Crippen molar-refractivity contribution in [1.82, 2.24) is 9.88 Å². The van der Waals surface area contributed by atoms with Crippen LogP contribution in [0.25, 0.3) is 0 Å². The van der Waals surface area contributed by atoms with Crippen molar-refractivity contribution >= 4 is 5.82 Å². The fraction of sp³-hybridized carbons (Fsp3) is 0.643. The van der Waals surface area contributed by atoms with Gasteiger partial charge in [-0.2, -0.15) is 0 Å². The number of pyridine rings is 1. The Morgan fingerprint density at radius 2 is 2.00 bits per heavy atom. The van der Waals surface area contributed by atoms with Gasteiger partial charge in [0.25, 0.3) is 0 Å². The van der Waals surface area contributed by atoms with E-state index in [2.05, 4.69) is 28.9 Å². The molecule has 4 heteroatoms. The molecule has 1 atom stereocenters. The highest BCUT2D eigenvalue weighted by molar-refractivity contribution is 5.40. The van der Waals surface area contributed by atoms with Crippen molar-refractivity contribution in [3.05, 3.63) is 23.9 Å². The molecule has 0 spiro atoms. The summed E-state index contributed by atoms with van der Waals surface area (Å²) in [7, 11) is 4.30. The Labute approximate surface area is 109 Å². The molecule has 1 N–H and O–H groups in total. The molecule has 18 heavy (non-hydrogen) atoms. The normalized spacial score (nSPS) is 19.3. The fourth-order valence-electron chi connectivity index (χ4n) is 2.44. The van der Waals surface area contributed by atoms with Gasteiger partial charge in [-0.3, -0.25) is 0 Å². The summed E-state index contributed by atoms with van der Waals surface area (Å²) >= 11 is 0. The molecule has 1 aromatic rings. The van der Waals surface area contributed by atoms with Crippen molar-refractivity contribution in [3.63, 3.8) is 0 Å². The van der Waals surface area contributed by atoms with Gasteiger partial charge < -0.3 is 14.9 Å². The van der Waals surface area contributed by atoms with Crippen molar-refractivity contribution in [2.75, 3.05) is 32.1 Å². The van der Waals surface area contributed by atoms with Crippen LogP contribution in [0.15, 0.2) is 18.3 Å². The summed E-state index contributed by atoms with van der Waals surface area (Å²) in [6, 6.07) is 4.67. The molecule has 0 amide bonds. The molecule has 0 aromatic carbocycles. The standard InChI is InChI=1S/C14H23N3O/c1-11(18)12-4-5-14(15-10-12)17-8-6-13(7-9-17)16(2)3/h4-5,10-11,13,18H,6-9H2,1-3H3/t11-/m1/s1. The number of hydrogen-bond acceptors (Lipinski definition) is 4. The van der Waals surface area contributed by atoms with Crippen molar-refractivity contribution in [2.45, 2.75) is 31.9 Å². The van der Waals surface area contributed by atoms with Gasteiger partial charge in [-0.15, -0.1) is 0 Å². The molecule has 4 nitrogen and oxygen atoms in total. The molecule has 2 heterocycles. The molecule has 100 valence electrons. The van der Waals surface area contributed by atoms with Crippen LogP contribution in [0.2, 0.25) is 0 Å². The average Bonchev–Trinajstić information content (AvgIpc) is 2.39. The molecule has 0 bridgehead atoms. The highest BCUT2D eigenvalue weighted by Gasteiger charge is 2.21. The van der Waals surface area contributed by atoms with E-state index in [4.69, 9.17) is 0 Å². The van der Waals surface area contributed by atoms with E-state index < -0.39 is 6.10 Å². The highest BCUT2D eigenvalue weighted by atomic mass is 16.3. The molecule has 1 aliphatic heterocycles. The second-order valence-electron chi connectivity index (χ2n) is 5.31. The molecule has 2 rings (SSSR count). The van der Waals surface area contributed by atoms with Gasteiger partial charge in [-0.1, -0.05) is 6.07 Å². The van der Waals surface area contributed by atoms with Gasteiger partial charge in [0, 0.05) is 25.3 Å². The predicted molar refractivity (Wildman–Crippen MR) is 73.8 cm³/mol. The SMILES string of the molecule is C[C@@H](O)c1ccc(N2CCC(N(C)C)CC2)nc1. The van der Waals surface area contributed by atoms with E-state index in [0.29, 0.717) is 6.04 Å². The average molecular weight is 249 g/mol. The van der Waals surface area contributed by atoms with Crippen molar-refractivity contribution in [1.29, 1.82) is 0 Å². The van der Waals surface area contributed by atoms with Crippen LogP contribution < -0.4 is 4.90 Å². The van der Waals surface area contributed by atoms with E-state index >= 15 is 0 Å². The van der Waals surface area contributed by atoms with Crippen molar-refractivity contribution in [2.24, 2.45) is 0 Å². The molecule has 1 aliphatic rings. The zero-order chi connectivity index (χ0) is 13.1. The monoisotopic (exact) mass is 249 g/mol. The Balaban J connectivity index is 1.97. The zero-order valence-corrected chi connectivity index (χ0v) is 11.5. The molecule has 1 fully saturated rings. The summed E-state index contributed by atoms with van der Waals surface area (Å²) in [6.07, 6.45) is 3.71. The predicted octanol–water partition coefficient (Wildman–Crippen LogP) is 1.67. The van der Waals surface area contributed by atoms with Gasteiger partial charge >= 0.3 is 0 Å². The lowest BCUT2D eigenvalue weighted by Gasteiger charge is -2.35. The number of hydrogen-bond donors (Lipinski definition) is 1. The Bertz CT molecular complexity index is 367. The van der Waals surface area contributed by atoms with E-state index in [0.717, 1.165) is 24.5 Å². The lowest BCUT2D eigenvalue weighted by molar-refractivity contribution is 0.199. The van der Waals surface area contributed by atoms with E-state index in [-0.39, 0.29) is 0 Å². The maximum atomic E-state index is 9.46. The Morgan fingerprint density at radius 3 is 2.44 bits per heavy atom. The van der Waals surface area contributed by atoms with Crippen LogP contribution in [-0.4, -0.2) is 48.2 Å². The minimum atomic E-state index is -0.439. The lowest BCUT2D eigenvalue weighted by Crippen LogP contribution is -2.42. The van der Waals surface area contributed by atoms with Gasteiger partial charge in [0.15, 0.2) is 0 Å². The third-order valence-electron chi connectivity index (χ3n) is 3.77. The first-order valence-electron chi connectivity index (χ1n) is 6.63. The highest BCUT2D eigenvalue weighted by Crippen LogP contribution is 2.21. The van der Waals surface area contributed by atoms with Crippen LogP contribution in [0, 0.1) is 0 Å². The van der Waals surface area contributed by atoms with Gasteiger partial charge in [0.05, 0.1) is 6.10 Å². The first kappa shape index (κ1) is 13.3. The molecule has 0 unspecified atom stereocenters. The molecule has 0 saturated carbocycles. The van der Waals surface area contributed by atoms with Crippen molar-refractivity contribution < 1.29 is 5.11 Å². The summed E-state index contributed by atoms with van der Waals surface area (Å²) in [5.74, 6) is 1.02. The Hall–Kier alpha value is -1.13. The first-order valence-corrected chi connectivity index (χ1v) is 6.63. The zero-order valence-electron chi connectivity index (χ0n) is 11.5. The maximum Gasteiger partial charge on any atom is 0.128 e. The minimum Gasteiger partial charge on any atom is -0.389 e. The first-order chi connectivity index (χ1) is 8.58. The van der Waals surface area contributed by atoms with Crippen LogP contribution in [-0.2, 0) is 0 Å². The van der Waals surface area contributed by atoms with E-state index in [1.165, 1.54) is 12.8 Å². The number of aromatic nitrogens is 1. The van der Waals surface area contributed by atoms with Gasteiger partial charge in [-0.05, 0) is 45.5 Å². The van der Waals surface area contributed by atoms with E-state index in [1.54, 1.807) is 13.1 Å². The van der Waals surface area contributed by atoms with Crippen molar-refractivity contribution in [3.8, 4) is 0 Å². The number of rotatable bonds is 3. The fourth-order valence-corrected chi connectivity index (χ4v) is 2.44. The number of nitrogens with zero attached hydrogens (tertiary/aromatic N) is 3. The Kier molecular flexibility index (Phi) is 4.19. The molecule has 0 radical (unpaired) electrons. The van der Waals surface area contributed by atoms with Crippen LogP contribution in [0.5, 0.6) is 0 Å². The topological polar surface area (TPSA) is 39.6 Å². The maximum absolute atomic E-state index is 9.46.